The maximum Gasteiger partial charge on any atom is 0.267 e. The second kappa shape index (κ2) is 8.76. The number of pyridine rings is 1. The molecule has 34 heavy (non-hydrogen) atoms. The van der Waals surface area contributed by atoms with Gasteiger partial charge in [0.2, 0.25) is 0 Å². The van der Waals surface area contributed by atoms with Crippen molar-refractivity contribution in [1.29, 1.82) is 0 Å². The van der Waals surface area contributed by atoms with Crippen LogP contribution in [0.1, 0.15) is 26.4 Å². The first kappa shape index (κ1) is 21.9. The van der Waals surface area contributed by atoms with Crippen molar-refractivity contribution in [3.8, 4) is 22.4 Å². The van der Waals surface area contributed by atoms with Crippen LogP contribution in [0.3, 0.4) is 0 Å². The quantitative estimate of drug-likeness (QED) is 0.292. The zero-order chi connectivity index (χ0) is 23.8. The smallest absolute Gasteiger partial charge is 0.267 e. The molecule has 1 amide bonds. The van der Waals surface area contributed by atoms with Gasteiger partial charge in [0.15, 0.2) is 0 Å². The second-order valence-corrected chi connectivity index (χ2v) is 9.64. The fourth-order valence-corrected chi connectivity index (χ4v) is 5.26. The number of hydrogen-bond donors (Lipinski definition) is 2. The summed E-state index contributed by atoms with van der Waals surface area (Å²) in [6.07, 6.45) is 0. The number of thiophene rings is 1. The van der Waals surface area contributed by atoms with Crippen molar-refractivity contribution < 1.29 is 4.79 Å². The van der Waals surface area contributed by atoms with Gasteiger partial charge in [0.1, 0.15) is 9.71 Å². The van der Waals surface area contributed by atoms with Gasteiger partial charge in [-0.1, -0.05) is 66.2 Å². The standard InChI is InChI=1S/C29H25N3OS/c1-17-9-11-21(12-10-17)24-16-23(20-7-5-4-6-8-20)25-26(30)27(34-29(25)32-24)28(33)31-22-14-18(2)13-19(3)15-22/h4-16H,30H2,1-3H3,(H,31,33). The Morgan fingerprint density at radius 2 is 1.50 bits per heavy atom. The number of fused-ring (bicyclic) bond motifs is 1. The Labute approximate surface area is 203 Å². The molecule has 3 N–H and O–H groups in total. The highest BCUT2D eigenvalue weighted by Gasteiger charge is 2.22. The SMILES string of the molecule is Cc1ccc(-c2cc(-c3ccccc3)c3c(N)c(C(=O)Nc4cc(C)cc(C)c4)sc3n2)cc1. The molecule has 0 unspecified atom stereocenters. The van der Waals surface area contributed by atoms with Gasteiger partial charge in [0, 0.05) is 16.6 Å². The van der Waals surface area contributed by atoms with E-state index in [1.165, 1.54) is 16.9 Å². The number of carbonyl (C=O) groups is 1. The summed E-state index contributed by atoms with van der Waals surface area (Å²) >= 11 is 1.33. The Bertz CT molecular complexity index is 1500. The van der Waals surface area contributed by atoms with E-state index in [0.717, 1.165) is 49.4 Å². The predicted molar refractivity (Wildman–Crippen MR) is 144 cm³/mol. The summed E-state index contributed by atoms with van der Waals surface area (Å²) in [6.45, 7) is 6.09. The van der Waals surface area contributed by atoms with Crippen LogP contribution in [-0.2, 0) is 0 Å². The molecule has 5 rings (SSSR count). The molecule has 0 aliphatic heterocycles. The molecule has 5 heteroatoms. The van der Waals surface area contributed by atoms with Crippen LogP contribution >= 0.6 is 11.3 Å². The molecule has 0 aliphatic carbocycles. The molecule has 0 fully saturated rings. The molecule has 0 bridgehead atoms. The Morgan fingerprint density at radius 1 is 0.824 bits per heavy atom. The zero-order valence-corrected chi connectivity index (χ0v) is 20.2. The van der Waals surface area contributed by atoms with Crippen LogP contribution < -0.4 is 11.1 Å². The van der Waals surface area contributed by atoms with Gasteiger partial charge in [-0.2, -0.15) is 0 Å². The Balaban J connectivity index is 1.66. The van der Waals surface area contributed by atoms with Gasteiger partial charge < -0.3 is 11.1 Å². The number of nitrogens with two attached hydrogens (primary N) is 1. The van der Waals surface area contributed by atoms with Crippen LogP contribution in [0, 0.1) is 20.8 Å². The predicted octanol–water partition coefficient (Wildman–Crippen LogP) is 7.39. The van der Waals surface area contributed by atoms with Crippen molar-refractivity contribution >= 4 is 38.8 Å². The van der Waals surface area contributed by atoms with E-state index >= 15 is 0 Å². The zero-order valence-electron chi connectivity index (χ0n) is 19.3. The van der Waals surface area contributed by atoms with E-state index in [-0.39, 0.29) is 5.91 Å². The van der Waals surface area contributed by atoms with Crippen LogP contribution in [0.25, 0.3) is 32.6 Å². The van der Waals surface area contributed by atoms with Crippen molar-refractivity contribution in [1.82, 2.24) is 4.98 Å². The number of hydrogen-bond acceptors (Lipinski definition) is 4. The van der Waals surface area contributed by atoms with E-state index in [0.29, 0.717) is 10.6 Å². The van der Waals surface area contributed by atoms with Crippen LogP contribution in [0.2, 0.25) is 0 Å². The minimum Gasteiger partial charge on any atom is -0.397 e. The van der Waals surface area contributed by atoms with Gasteiger partial charge in [-0.15, -0.1) is 11.3 Å². The third-order valence-corrected chi connectivity index (χ3v) is 6.92. The largest absolute Gasteiger partial charge is 0.397 e. The number of amides is 1. The van der Waals surface area contributed by atoms with Crippen molar-refractivity contribution in [3.05, 3.63) is 100 Å². The minimum absolute atomic E-state index is 0.221. The monoisotopic (exact) mass is 463 g/mol. The Morgan fingerprint density at radius 3 is 2.18 bits per heavy atom. The molecule has 2 heterocycles. The number of nitrogens with one attached hydrogen (secondary N) is 1. The minimum atomic E-state index is -0.221. The normalized spacial score (nSPS) is 11.0. The lowest BCUT2D eigenvalue weighted by Gasteiger charge is -2.09. The maximum atomic E-state index is 13.3. The second-order valence-electron chi connectivity index (χ2n) is 8.64. The molecule has 0 atom stereocenters. The van der Waals surface area contributed by atoms with E-state index in [9.17, 15) is 4.79 Å². The van der Waals surface area contributed by atoms with Crippen LogP contribution in [0.15, 0.2) is 78.9 Å². The molecule has 168 valence electrons. The van der Waals surface area contributed by atoms with E-state index in [1.807, 2.05) is 44.2 Å². The van der Waals surface area contributed by atoms with E-state index in [1.54, 1.807) is 0 Å². The summed E-state index contributed by atoms with van der Waals surface area (Å²) in [6, 6.07) is 26.5. The van der Waals surface area contributed by atoms with Gasteiger partial charge in [-0.25, -0.2) is 4.98 Å². The first-order valence-corrected chi connectivity index (χ1v) is 12.0. The summed E-state index contributed by atoms with van der Waals surface area (Å²) in [5, 5.41) is 3.83. The summed E-state index contributed by atoms with van der Waals surface area (Å²) in [5.74, 6) is -0.221. The van der Waals surface area contributed by atoms with Crippen LogP contribution in [0.4, 0.5) is 11.4 Å². The molecule has 0 aliphatic rings. The summed E-state index contributed by atoms with van der Waals surface area (Å²) in [4.78, 5) is 19.4. The molecule has 2 aromatic heterocycles. The highest BCUT2D eigenvalue weighted by molar-refractivity contribution is 7.21. The van der Waals surface area contributed by atoms with E-state index in [4.69, 9.17) is 10.7 Å². The molecular weight excluding hydrogens is 438 g/mol. The highest BCUT2D eigenvalue weighted by Crippen LogP contribution is 2.41. The molecule has 0 radical (unpaired) electrons. The van der Waals surface area contributed by atoms with Crippen LogP contribution in [0.5, 0.6) is 0 Å². The molecular formula is C29H25N3OS. The van der Waals surface area contributed by atoms with Crippen molar-refractivity contribution in [2.45, 2.75) is 20.8 Å². The van der Waals surface area contributed by atoms with Crippen molar-refractivity contribution in [2.24, 2.45) is 0 Å². The lowest BCUT2D eigenvalue weighted by molar-refractivity contribution is 0.103. The molecule has 3 aromatic carbocycles. The number of aromatic nitrogens is 1. The topological polar surface area (TPSA) is 68.0 Å². The number of nitrogen functional groups attached to an aromatic ring is 1. The molecule has 0 spiro atoms. The van der Waals surface area contributed by atoms with Gasteiger partial charge >= 0.3 is 0 Å². The summed E-state index contributed by atoms with van der Waals surface area (Å²) in [5.41, 5.74) is 15.1. The number of carbonyl (C=O) groups excluding carboxylic acids is 1. The molecule has 5 aromatic rings. The van der Waals surface area contributed by atoms with Crippen molar-refractivity contribution in [3.63, 3.8) is 0 Å². The third kappa shape index (κ3) is 4.18. The first-order chi connectivity index (χ1) is 16.4. The molecule has 0 saturated carbocycles. The summed E-state index contributed by atoms with van der Waals surface area (Å²) < 4.78 is 0. The number of nitrogens with zero attached hydrogens (tertiary/aromatic N) is 1. The number of aryl methyl sites for hydroxylation is 3. The van der Waals surface area contributed by atoms with Gasteiger partial charge in [0.05, 0.1) is 11.4 Å². The molecule has 4 nitrogen and oxygen atoms in total. The van der Waals surface area contributed by atoms with Gasteiger partial charge in [-0.3, -0.25) is 4.79 Å². The lowest BCUT2D eigenvalue weighted by atomic mass is 9.99. The third-order valence-electron chi connectivity index (χ3n) is 5.82. The summed E-state index contributed by atoms with van der Waals surface area (Å²) in [7, 11) is 0. The first-order valence-electron chi connectivity index (χ1n) is 11.1. The number of benzene rings is 3. The highest BCUT2D eigenvalue weighted by atomic mass is 32.1. The van der Waals surface area contributed by atoms with Gasteiger partial charge in [-0.05, 0) is 61.2 Å². The lowest BCUT2D eigenvalue weighted by Crippen LogP contribution is -2.12. The Hall–Kier alpha value is -3.96. The average molecular weight is 464 g/mol. The van der Waals surface area contributed by atoms with Crippen molar-refractivity contribution in [2.75, 3.05) is 11.1 Å². The van der Waals surface area contributed by atoms with E-state index in [2.05, 4.69) is 60.8 Å². The van der Waals surface area contributed by atoms with E-state index < -0.39 is 0 Å². The number of rotatable bonds is 4. The maximum absolute atomic E-state index is 13.3. The van der Waals surface area contributed by atoms with Gasteiger partial charge in [0.25, 0.3) is 5.91 Å². The fraction of sp³-hybridized carbons (Fsp3) is 0.103. The van der Waals surface area contributed by atoms with Crippen LogP contribution in [-0.4, -0.2) is 10.9 Å². The number of anilines is 2. The Kier molecular flexibility index (Phi) is 5.64. The molecule has 0 saturated heterocycles. The fourth-order valence-electron chi connectivity index (χ4n) is 4.24. The average Bonchev–Trinajstić information content (AvgIpc) is 3.15.